The second-order valence-corrected chi connectivity index (χ2v) is 10.5. The Labute approximate surface area is 213 Å². The van der Waals surface area contributed by atoms with Crippen LogP contribution in [-0.4, -0.2) is 88.7 Å². The van der Waals surface area contributed by atoms with Crippen molar-refractivity contribution in [3.8, 4) is 5.75 Å². The lowest BCUT2D eigenvalue weighted by atomic mass is 9.90. The number of likely N-dealkylation sites (tertiary alicyclic amines) is 1. The van der Waals surface area contributed by atoms with Gasteiger partial charge >= 0.3 is 0 Å². The van der Waals surface area contributed by atoms with Crippen LogP contribution in [0.4, 0.5) is 4.39 Å². The van der Waals surface area contributed by atoms with E-state index in [2.05, 4.69) is 30.9 Å². The summed E-state index contributed by atoms with van der Waals surface area (Å²) in [6, 6.07) is 7.84. The maximum Gasteiger partial charge on any atom is 0.272 e. The molecule has 0 saturated carbocycles. The van der Waals surface area contributed by atoms with Crippen LogP contribution < -0.4 is 4.74 Å². The van der Waals surface area contributed by atoms with Crippen LogP contribution in [0.25, 0.3) is 0 Å². The molecule has 2 aromatic rings. The third-order valence-electron chi connectivity index (χ3n) is 7.11. The van der Waals surface area contributed by atoms with E-state index >= 15 is 0 Å². The molecule has 8 nitrogen and oxygen atoms in total. The molecule has 2 amide bonds. The Morgan fingerprint density at radius 3 is 2.42 bits per heavy atom. The molecule has 2 aliphatic rings. The summed E-state index contributed by atoms with van der Waals surface area (Å²) in [5.41, 5.74) is 1.47. The van der Waals surface area contributed by atoms with Gasteiger partial charge in [0.2, 0.25) is 5.91 Å². The van der Waals surface area contributed by atoms with Crippen LogP contribution in [0, 0.1) is 17.7 Å². The molecule has 2 aliphatic heterocycles. The number of halogens is 1. The monoisotopic (exact) mass is 499 g/mol. The predicted molar refractivity (Wildman–Crippen MR) is 135 cm³/mol. The standard InChI is InChI=1S/C27H38FN5O3/c1-19(2)15-22-17-24(31(4)29-22)27(35)33-10-9-25(36-23-7-5-21(28)6-8-23)20(18-33)16-26(34)32-13-11-30(3)12-14-32/h5-8,17,19-20,25H,9-16,18H2,1-4H3/t20-,25-/m0/s1. The fourth-order valence-electron chi connectivity index (χ4n) is 5.05. The van der Waals surface area contributed by atoms with Crippen LogP contribution >= 0.6 is 0 Å². The van der Waals surface area contributed by atoms with Gasteiger partial charge in [0.05, 0.1) is 5.69 Å². The molecule has 0 spiro atoms. The van der Waals surface area contributed by atoms with Crippen molar-refractivity contribution in [1.82, 2.24) is 24.5 Å². The Kier molecular flexibility index (Phi) is 8.28. The third-order valence-corrected chi connectivity index (χ3v) is 7.11. The number of likely N-dealkylation sites (N-methyl/N-ethyl adjacent to an activating group) is 1. The molecule has 1 aromatic carbocycles. The molecule has 1 aromatic heterocycles. The summed E-state index contributed by atoms with van der Waals surface area (Å²) < 4.78 is 21.3. The van der Waals surface area contributed by atoms with Gasteiger partial charge in [0.25, 0.3) is 5.91 Å². The molecule has 3 heterocycles. The molecule has 2 fully saturated rings. The number of carbonyl (C=O) groups excluding carboxylic acids is 2. The number of aromatic nitrogens is 2. The molecule has 4 rings (SSSR count). The van der Waals surface area contributed by atoms with Gasteiger partial charge in [-0.3, -0.25) is 14.3 Å². The molecule has 0 unspecified atom stereocenters. The molecule has 196 valence electrons. The average molecular weight is 500 g/mol. The SMILES string of the molecule is CC(C)Cc1cc(C(=O)N2CC[C@H](Oc3ccc(F)cc3)[C@@H](CC(=O)N3CCN(C)CC3)C2)n(C)n1. The number of amides is 2. The Hall–Kier alpha value is -2.94. The Morgan fingerprint density at radius 2 is 1.75 bits per heavy atom. The van der Waals surface area contributed by atoms with Crippen molar-refractivity contribution in [3.05, 3.63) is 47.5 Å². The number of nitrogens with zero attached hydrogens (tertiary/aromatic N) is 5. The van der Waals surface area contributed by atoms with Crippen LogP contribution in [0.5, 0.6) is 5.75 Å². The number of piperidine rings is 1. The number of rotatable bonds is 7. The predicted octanol–water partition coefficient (Wildman–Crippen LogP) is 2.83. The van der Waals surface area contributed by atoms with Crippen molar-refractivity contribution >= 4 is 11.8 Å². The second-order valence-electron chi connectivity index (χ2n) is 10.5. The highest BCUT2D eigenvalue weighted by Crippen LogP contribution is 2.28. The lowest BCUT2D eigenvalue weighted by Gasteiger charge is -2.39. The zero-order chi connectivity index (χ0) is 25.8. The number of ether oxygens (including phenoxy) is 1. The van der Waals surface area contributed by atoms with Gasteiger partial charge in [-0.05, 0) is 49.7 Å². The Morgan fingerprint density at radius 1 is 1.06 bits per heavy atom. The number of benzene rings is 1. The second kappa shape index (κ2) is 11.4. The molecule has 0 bridgehead atoms. The quantitative estimate of drug-likeness (QED) is 0.586. The largest absolute Gasteiger partial charge is 0.490 e. The fraction of sp³-hybridized carbons (Fsp3) is 0.593. The van der Waals surface area contributed by atoms with Gasteiger partial charge in [-0.25, -0.2) is 4.39 Å². The Balaban J connectivity index is 1.49. The highest BCUT2D eigenvalue weighted by Gasteiger charge is 2.36. The van der Waals surface area contributed by atoms with Crippen molar-refractivity contribution < 1.29 is 18.7 Å². The zero-order valence-electron chi connectivity index (χ0n) is 21.8. The first-order chi connectivity index (χ1) is 17.2. The first kappa shape index (κ1) is 26.1. The van der Waals surface area contributed by atoms with Crippen LogP contribution in [0.1, 0.15) is 42.9 Å². The van der Waals surface area contributed by atoms with Crippen molar-refractivity contribution in [2.45, 2.75) is 39.2 Å². The van der Waals surface area contributed by atoms with E-state index in [4.69, 9.17) is 4.74 Å². The van der Waals surface area contributed by atoms with E-state index in [1.807, 2.05) is 15.9 Å². The number of carbonyl (C=O) groups is 2. The van der Waals surface area contributed by atoms with E-state index in [9.17, 15) is 14.0 Å². The molecule has 0 aliphatic carbocycles. The minimum Gasteiger partial charge on any atom is -0.490 e. The van der Waals surface area contributed by atoms with E-state index in [1.165, 1.54) is 12.1 Å². The number of piperazine rings is 1. The van der Waals surface area contributed by atoms with Gasteiger partial charge in [-0.1, -0.05) is 13.8 Å². The molecular formula is C27H38FN5O3. The summed E-state index contributed by atoms with van der Waals surface area (Å²) in [6.07, 6.45) is 1.49. The van der Waals surface area contributed by atoms with Gasteiger partial charge < -0.3 is 19.4 Å². The summed E-state index contributed by atoms with van der Waals surface area (Å²) in [4.78, 5) is 32.6. The van der Waals surface area contributed by atoms with Crippen LogP contribution in [-0.2, 0) is 18.3 Å². The molecule has 36 heavy (non-hydrogen) atoms. The third kappa shape index (κ3) is 6.43. The van der Waals surface area contributed by atoms with Crippen molar-refractivity contribution in [2.24, 2.45) is 18.9 Å². The first-order valence-electron chi connectivity index (χ1n) is 12.9. The van der Waals surface area contributed by atoms with Crippen LogP contribution in [0.3, 0.4) is 0 Å². The number of hydrogen-bond acceptors (Lipinski definition) is 5. The van der Waals surface area contributed by atoms with Crippen molar-refractivity contribution in [3.63, 3.8) is 0 Å². The van der Waals surface area contributed by atoms with E-state index in [1.54, 1.807) is 23.9 Å². The summed E-state index contributed by atoms with van der Waals surface area (Å²) >= 11 is 0. The first-order valence-corrected chi connectivity index (χ1v) is 12.9. The molecule has 2 atom stereocenters. The maximum atomic E-state index is 13.5. The number of aryl methyl sites for hydroxylation is 1. The molecule has 2 saturated heterocycles. The lowest BCUT2D eigenvalue weighted by molar-refractivity contribution is -0.135. The van der Waals surface area contributed by atoms with Gasteiger partial charge in [0.1, 0.15) is 23.4 Å². The lowest BCUT2D eigenvalue weighted by Crippen LogP contribution is -2.51. The van der Waals surface area contributed by atoms with Gasteiger partial charge in [0.15, 0.2) is 0 Å². The van der Waals surface area contributed by atoms with Crippen LogP contribution in [0.2, 0.25) is 0 Å². The highest BCUT2D eigenvalue weighted by atomic mass is 19.1. The fourth-order valence-corrected chi connectivity index (χ4v) is 5.05. The number of hydrogen-bond donors (Lipinski definition) is 0. The minimum atomic E-state index is -0.322. The highest BCUT2D eigenvalue weighted by molar-refractivity contribution is 5.92. The molecule has 9 heteroatoms. The summed E-state index contributed by atoms with van der Waals surface area (Å²) in [7, 11) is 3.86. The Bertz CT molecular complexity index is 1050. The topological polar surface area (TPSA) is 70.9 Å². The van der Waals surface area contributed by atoms with E-state index in [0.29, 0.717) is 56.4 Å². The summed E-state index contributed by atoms with van der Waals surface area (Å²) in [6.45, 7) is 8.34. The zero-order valence-corrected chi connectivity index (χ0v) is 21.8. The van der Waals surface area contributed by atoms with Crippen molar-refractivity contribution in [1.29, 1.82) is 0 Å². The molecular weight excluding hydrogens is 461 g/mol. The van der Waals surface area contributed by atoms with Gasteiger partial charge in [-0.2, -0.15) is 5.10 Å². The van der Waals surface area contributed by atoms with E-state index in [0.717, 1.165) is 25.2 Å². The van der Waals surface area contributed by atoms with Gasteiger partial charge in [-0.15, -0.1) is 0 Å². The molecule has 0 N–H and O–H groups in total. The average Bonchev–Trinajstić information content (AvgIpc) is 3.20. The summed E-state index contributed by atoms with van der Waals surface area (Å²) in [5, 5.41) is 4.53. The maximum absolute atomic E-state index is 13.5. The molecule has 0 radical (unpaired) electrons. The van der Waals surface area contributed by atoms with Crippen LogP contribution in [0.15, 0.2) is 30.3 Å². The van der Waals surface area contributed by atoms with E-state index in [-0.39, 0.29) is 29.7 Å². The minimum absolute atomic E-state index is 0.0720. The smallest absolute Gasteiger partial charge is 0.272 e. The normalized spacial score (nSPS) is 21.2. The van der Waals surface area contributed by atoms with Crippen molar-refractivity contribution in [2.75, 3.05) is 46.3 Å². The van der Waals surface area contributed by atoms with Gasteiger partial charge in [0, 0.05) is 65.1 Å². The summed E-state index contributed by atoms with van der Waals surface area (Å²) in [5.74, 6) is 0.559. The van der Waals surface area contributed by atoms with E-state index < -0.39 is 0 Å².